The molecule has 0 heterocycles. The number of carboxylic acids is 1. The lowest BCUT2D eigenvalue weighted by atomic mass is 10.1. The van der Waals surface area contributed by atoms with Gasteiger partial charge in [0, 0.05) is 5.56 Å². The van der Waals surface area contributed by atoms with Crippen LogP contribution < -0.4 is 5.32 Å². The minimum absolute atomic E-state index is 0.154. The zero-order chi connectivity index (χ0) is 12.4. The maximum absolute atomic E-state index is 13.5. The van der Waals surface area contributed by atoms with Crippen LogP contribution in [0.2, 0.25) is 0 Å². The molecule has 0 bridgehead atoms. The highest BCUT2D eigenvalue weighted by molar-refractivity contribution is 5.75. The van der Waals surface area contributed by atoms with Gasteiger partial charge in [-0.2, -0.15) is 0 Å². The first kappa shape index (κ1) is 12.0. The molecule has 0 aromatic heterocycles. The Bertz CT molecular complexity index is 433. The minimum atomic E-state index is -1.20. The molecule has 2 rings (SSSR count). The van der Waals surface area contributed by atoms with Gasteiger partial charge in [-0.1, -0.05) is 0 Å². The van der Waals surface area contributed by atoms with Crippen LogP contribution in [0.15, 0.2) is 18.2 Å². The SMILES string of the molecule is O=C(O)C(NCC1CC1)c1cc(F)ccc1F. The molecular weight excluding hydrogens is 228 g/mol. The molecule has 0 aliphatic heterocycles. The van der Waals surface area contributed by atoms with Crippen molar-refractivity contribution in [3.63, 3.8) is 0 Å². The van der Waals surface area contributed by atoms with Crippen LogP contribution in [0, 0.1) is 17.6 Å². The van der Waals surface area contributed by atoms with Gasteiger partial charge < -0.3 is 10.4 Å². The predicted octanol–water partition coefficient (Wildman–Crippen LogP) is 2.09. The second-order valence-electron chi connectivity index (χ2n) is 4.29. The molecule has 0 spiro atoms. The maximum atomic E-state index is 13.5. The lowest BCUT2D eigenvalue weighted by molar-refractivity contribution is -0.139. The van der Waals surface area contributed by atoms with Crippen molar-refractivity contribution in [1.29, 1.82) is 0 Å². The molecule has 1 aromatic rings. The monoisotopic (exact) mass is 241 g/mol. The van der Waals surface area contributed by atoms with Crippen LogP contribution in [-0.2, 0) is 4.79 Å². The zero-order valence-corrected chi connectivity index (χ0v) is 9.12. The fourth-order valence-electron chi connectivity index (χ4n) is 1.67. The van der Waals surface area contributed by atoms with E-state index in [0.717, 1.165) is 31.0 Å². The van der Waals surface area contributed by atoms with Crippen molar-refractivity contribution >= 4 is 5.97 Å². The number of benzene rings is 1. The third-order valence-corrected chi connectivity index (χ3v) is 2.82. The molecule has 3 nitrogen and oxygen atoms in total. The van der Waals surface area contributed by atoms with Gasteiger partial charge in [-0.25, -0.2) is 8.78 Å². The molecule has 92 valence electrons. The molecular formula is C12H13F2NO2. The first-order chi connectivity index (χ1) is 8.08. The van der Waals surface area contributed by atoms with E-state index in [4.69, 9.17) is 5.11 Å². The smallest absolute Gasteiger partial charge is 0.325 e. The van der Waals surface area contributed by atoms with Crippen LogP contribution in [0.25, 0.3) is 0 Å². The van der Waals surface area contributed by atoms with Gasteiger partial charge in [-0.15, -0.1) is 0 Å². The number of nitrogens with one attached hydrogen (secondary N) is 1. The Morgan fingerprint density at radius 3 is 2.76 bits per heavy atom. The second kappa shape index (κ2) is 4.79. The zero-order valence-electron chi connectivity index (χ0n) is 9.12. The summed E-state index contributed by atoms with van der Waals surface area (Å²) < 4.78 is 26.4. The van der Waals surface area contributed by atoms with Crippen LogP contribution in [0.5, 0.6) is 0 Å². The van der Waals surface area contributed by atoms with Crippen LogP contribution in [0.1, 0.15) is 24.4 Å². The molecule has 1 unspecified atom stereocenters. The van der Waals surface area contributed by atoms with Crippen LogP contribution >= 0.6 is 0 Å². The Hall–Kier alpha value is -1.49. The predicted molar refractivity (Wildman–Crippen MR) is 57.5 cm³/mol. The van der Waals surface area contributed by atoms with Crippen molar-refractivity contribution in [3.05, 3.63) is 35.4 Å². The third-order valence-electron chi connectivity index (χ3n) is 2.82. The third kappa shape index (κ3) is 3.00. The Labute approximate surface area is 97.5 Å². The Balaban J connectivity index is 2.17. The molecule has 1 saturated carbocycles. The van der Waals surface area contributed by atoms with Gasteiger partial charge in [0.25, 0.3) is 0 Å². The molecule has 1 atom stereocenters. The second-order valence-corrected chi connectivity index (χ2v) is 4.29. The van der Waals surface area contributed by atoms with Crippen molar-refractivity contribution < 1.29 is 18.7 Å². The highest BCUT2D eigenvalue weighted by Crippen LogP contribution is 2.29. The van der Waals surface area contributed by atoms with E-state index in [1.807, 2.05) is 0 Å². The standard InChI is InChI=1S/C12H13F2NO2/c13-8-3-4-10(14)9(5-8)11(12(16)17)15-6-7-1-2-7/h3-5,7,11,15H,1-2,6H2,(H,16,17). The number of carboxylic acid groups (broad SMARTS) is 1. The van der Waals surface area contributed by atoms with Crippen molar-refractivity contribution in [2.75, 3.05) is 6.54 Å². The number of halogens is 2. The van der Waals surface area contributed by atoms with Crippen molar-refractivity contribution in [2.45, 2.75) is 18.9 Å². The molecule has 1 aliphatic rings. The molecule has 1 aliphatic carbocycles. The van der Waals surface area contributed by atoms with Gasteiger partial charge in [0.15, 0.2) is 0 Å². The largest absolute Gasteiger partial charge is 0.480 e. The summed E-state index contributed by atoms with van der Waals surface area (Å²) in [6.45, 7) is 0.521. The van der Waals surface area contributed by atoms with Crippen molar-refractivity contribution in [3.8, 4) is 0 Å². The quantitative estimate of drug-likeness (QED) is 0.829. The lowest BCUT2D eigenvalue weighted by Crippen LogP contribution is -2.30. The molecule has 1 fully saturated rings. The van der Waals surface area contributed by atoms with E-state index in [-0.39, 0.29) is 5.56 Å². The molecule has 0 saturated heterocycles. The van der Waals surface area contributed by atoms with Gasteiger partial charge in [-0.3, -0.25) is 4.79 Å². The normalized spacial score (nSPS) is 16.8. The number of carbonyl (C=O) groups is 1. The number of aliphatic carboxylic acids is 1. The van der Waals surface area contributed by atoms with E-state index in [1.54, 1.807) is 0 Å². The summed E-state index contributed by atoms with van der Waals surface area (Å²) in [5.74, 6) is -2.08. The highest BCUT2D eigenvalue weighted by atomic mass is 19.1. The molecule has 0 radical (unpaired) electrons. The first-order valence-corrected chi connectivity index (χ1v) is 5.49. The van der Waals surface area contributed by atoms with E-state index in [9.17, 15) is 13.6 Å². The van der Waals surface area contributed by atoms with Crippen LogP contribution in [0.4, 0.5) is 8.78 Å². The van der Waals surface area contributed by atoms with Gasteiger partial charge in [-0.05, 0) is 43.5 Å². The van der Waals surface area contributed by atoms with Gasteiger partial charge in [0.05, 0.1) is 0 Å². The number of rotatable bonds is 5. The maximum Gasteiger partial charge on any atom is 0.325 e. The topological polar surface area (TPSA) is 49.3 Å². The molecule has 0 amide bonds. The van der Waals surface area contributed by atoms with E-state index in [2.05, 4.69) is 5.32 Å². The fraction of sp³-hybridized carbons (Fsp3) is 0.417. The van der Waals surface area contributed by atoms with Crippen molar-refractivity contribution in [2.24, 2.45) is 5.92 Å². The molecule has 17 heavy (non-hydrogen) atoms. The summed E-state index contributed by atoms with van der Waals surface area (Å²) in [5, 5.41) is 11.8. The van der Waals surface area contributed by atoms with E-state index >= 15 is 0 Å². The lowest BCUT2D eigenvalue weighted by Gasteiger charge is -2.15. The highest BCUT2D eigenvalue weighted by Gasteiger charge is 2.27. The Morgan fingerprint density at radius 2 is 2.18 bits per heavy atom. The van der Waals surface area contributed by atoms with Gasteiger partial charge >= 0.3 is 5.97 Å². The number of hydrogen-bond acceptors (Lipinski definition) is 2. The summed E-state index contributed by atoms with van der Waals surface area (Å²) in [6, 6.07) is 1.65. The molecule has 5 heteroatoms. The Kier molecular flexibility index (Phi) is 3.38. The van der Waals surface area contributed by atoms with Crippen LogP contribution in [0.3, 0.4) is 0 Å². The van der Waals surface area contributed by atoms with E-state index < -0.39 is 23.6 Å². The van der Waals surface area contributed by atoms with E-state index in [0.29, 0.717) is 12.5 Å². The number of hydrogen-bond donors (Lipinski definition) is 2. The molecule has 1 aromatic carbocycles. The van der Waals surface area contributed by atoms with E-state index in [1.165, 1.54) is 0 Å². The van der Waals surface area contributed by atoms with Gasteiger partial charge in [0.2, 0.25) is 0 Å². The van der Waals surface area contributed by atoms with Crippen molar-refractivity contribution in [1.82, 2.24) is 5.32 Å². The minimum Gasteiger partial charge on any atom is -0.480 e. The summed E-state index contributed by atoms with van der Waals surface area (Å²) in [6.07, 6.45) is 2.12. The average Bonchev–Trinajstić information content (AvgIpc) is 3.06. The summed E-state index contributed by atoms with van der Waals surface area (Å²) >= 11 is 0. The van der Waals surface area contributed by atoms with Crippen LogP contribution in [-0.4, -0.2) is 17.6 Å². The van der Waals surface area contributed by atoms with Gasteiger partial charge in [0.1, 0.15) is 17.7 Å². The molecule has 2 N–H and O–H groups in total. The Morgan fingerprint density at radius 1 is 1.47 bits per heavy atom. The summed E-state index contributed by atoms with van der Waals surface area (Å²) in [5.41, 5.74) is -0.154. The first-order valence-electron chi connectivity index (χ1n) is 5.49. The summed E-state index contributed by atoms with van der Waals surface area (Å²) in [7, 11) is 0. The summed E-state index contributed by atoms with van der Waals surface area (Å²) in [4.78, 5) is 11.0. The average molecular weight is 241 g/mol. The fourth-order valence-corrected chi connectivity index (χ4v) is 1.67.